The zero-order chi connectivity index (χ0) is 17.1. The number of amides is 2. The molecule has 0 saturated heterocycles. The van der Waals surface area contributed by atoms with E-state index in [1.807, 2.05) is 60.7 Å². The number of rotatable bonds is 3. The summed E-state index contributed by atoms with van der Waals surface area (Å²) in [5.41, 5.74) is 3.85. The number of nitrogens with zero attached hydrogens (tertiary/aromatic N) is 1. The van der Waals surface area contributed by atoms with Crippen LogP contribution in [0.2, 0.25) is 0 Å². The summed E-state index contributed by atoms with van der Waals surface area (Å²) in [6.07, 6.45) is 3.60. The maximum absolute atomic E-state index is 12.1. The van der Waals surface area contributed by atoms with Gasteiger partial charge in [-0.2, -0.15) is 0 Å². The van der Waals surface area contributed by atoms with Gasteiger partial charge in [-0.1, -0.05) is 58.4 Å². The Kier molecular flexibility index (Phi) is 4.76. The molecule has 0 unspecified atom stereocenters. The van der Waals surface area contributed by atoms with Crippen molar-refractivity contribution in [2.24, 2.45) is 0 Å². The molecule has 0 bridgehead atoms. The Labute approximate surface area is 149 Å². The van der Waals surface area contributed by atoms with Crippen molar-refractivity contribution in [3.05, 3.63) is 81.8 Å². The fourth-order valence-corrected chi connectivity index (χ4v) is 2.92. The van der Waals surface area contributed by atoms with Gasteiger partial charge in [0.2, 0.25) is 5.91 Å². The topological polar surface area (TPSA) is 37.4 Å². The molecule has 120 valence electrons. The van der Waals surface area contributed by atoms with E-state index in [2.05, 4.69) is 15.9 Å². The molecule has 3 rings (SSSR count). The van der Waals surface area contributed by atoms with Crippen molar-refractivity contribution in [1.82, 2.24) is 4.90 Å². The zero-order valence-corrected chi connectivity index (χ0v) is 14.8. The van der Waals surface area contributed by atoms with Gasteiger partial charge in [0.1, 0.15) is 0 Å². The van der Waals surface area contributed by atoms with Gasteiger partial charge >= 0.3 is 0 Å². The van der Waals surface area contributed by atoms with E-state index in [0.29, 0.717) is 6.54 Å². The highest BCUT2D eigenvalue weighted by molar-refractivity contribution is 9.10. The highest BCUT2D eigenvalue weighted by Gasteiger charge is 2.26. The van der Waals surface area contributed by atoms with Crippen LogP contribution in [0.5, 0.6) is 0 Å². The third-order valence-electron chi connectivity index (χ3n) is 3.88. The van der Waals surface area contributed by atoms with Crippen LogP contribution in [0.4, 0.5) is 0 Å². The largest absolute Gasteiger partial charge is 0.275 e. The molecule has 1 aliphatic heterocycles. The highest BCUT2D eigenvalue weighted by Crippen LogP contribution is 2.30. The molecular weight excluding hydrogens is 366 g/mol. The van der Waals surface area contributed by atoms with Crippen molar-refractivity contribution in [1.29, 1.82) is 0 Å². The standard InChI is InChI=1S/C20H16BrNO2/c1-14(23)22-13-17(12-20(22)24)19(11-15-5-3-2-4-6-15)16-7-9-18(21)10-8-16/h2-12H,13H2,1H3/b19-11+. The number of halogens is 1. The van der Waals surface area contributed by atoms with Gasteiger partial charge in [0, 0.05) is 17.5 Å². The minimum Gasteiger partial charge on any atom is -0.275 e. The van der Waals surface area contributed by atoms with Gasteiger partial charge in [-0.25, -0.2) is 0 Å². The van der Waals surface area contributed by atoms with Crippen molar-refractivity contribution in [2.45, 2.75) is 6.92 Å². The molecule has 0 saturated carbocycles. The summed E-state index contributed by atoms with van der Waals surface area (Å²) in [5, 5.41) is 0. The lowest BCUT2D eigenvalue weighted by Gasteiger charge is -2.14. The number of imide groups is 1. The normalized spacial score (nSPS) is 14.8. The Hall–Kier alpha value is -2.46. The van der Waals surface area contributed by atoms with E-state index >= 15 is 0 Å². The van der Waals surface area contributed by atoms with Gasteiger partial charge in [-0.15, -0.1) is 0 Å². The van der Waals surface area contributed by atoms with Gasteiger partial charge in [-0.05, 0) is 40.5 Å². The molecule has 0 aliphatic carbocycles. The predicted molar refractivity (Wildman–Crippen MR) is 98.9 cm³/mol. The lowest BCUT2D eigenvalue weighted by Crippen LogP contribution is -2.30. The van der Waals surface area contributed by atoms with Gasteiger partial charge in [0.25, 0.3) is 5.91 Å². The molecule has 0 fully saturated rings. The Morgan fingerprint density at radius 3 is 2.33 bits per heavy atom. The zero-order valence-electron chi connectivity index (χ0n) is 13.2. The summed E-state index contributed by atoms with van der Waals surface area (Å²) in [6, 6.07) is 17.9. The van der Waals surface area contributed by atoms with Crippen molar-refractivity contribution >= 4 is 39.4 Å². The van der Waals surface area contributed by atoms with Crippen LogP contribution in [0.1, 0.15) is 18.1 Å². The van der Waals surface area contributed by atoms with Gasteiger partial charge in [0.15, 0.2) is 0 Å². The first-order valence-electron chi connectivity index (χ1n) is 7.60. The third kappa shape index (κ3) is 3.54. The first-order valence-corrected chi connectivity index (χ1v) is 8.39. The van der Waals surface area contributed by atoms with E-state index in [1.54, 1.807) is 6.08 Å². The van der Waals surface area contributed by atoms with Crippen LogP contribution in [-0.2, 0) is 9.59 Å². The van der Waals surface area contributed by atoms with E-state index in [4.69, 9.17) is 0 Å². The lowest BCUT2D eigenvalue weighted by molar-refractivity contribution is -0.138. The minimum atomic E-state index is -0.256. The van der Waals surface area contributed by atoms with Gasteiger partial charge in [-0.3, -0.25) is 14.5 Å². The average Bonchev–Trinajstić information content (AvgIpc) is 2.96. The van der Waals surface area contributed by atoms with E-state index in [1.165, 1.54) is 11.8 Å². The highest BCUT2D eigenvalue weighted by atomic mass is 79.9. The Balaban J connectivity index is 2.05. The van der Waals surface area contributed by atoms with Crippen LogP contribution in [0.3, 0.4) is 0 Å². The molecule has 2 amide bonds. The monoisotopic (exact) mass is 381 g/mol. The first kappa shape index (κ1) is 16.4. The molecule has 24 heavy (non-hydrogen) atoms. The van der Waals surface area contributed by atoms with Crippen LogP contribution in [0, 0.1) is 0 Å². The molecule has 0 aromatic heterocycles. The Morgan fingerprint density at radius 2 is 1.75 bits per heavy atom. The van der Waals surface area contributed by atoms with Crippen molar-refractivity contribution in [3.8, 4) is 0 Å². The Morgan fingerprint density at radius 1 is 1.08 bits per heavy atom. The minimum absolute atomic E-state index is 0.235. The number of carbonyl (C=O) groups excluding carboxylic acids is 2. The van der Waals surface area contributed by atoms with E-state index < -0.39 is 0 Å². The summed E-state index contributed by atoms with van der Waals surface area (Å²) in [6.45, 7) is 1.72. The molecule has 1 heterocycles. The van der Waals surface area contributed by atoms with Crippen LogP contribution in [0.25, 0.3) is 11.6 Å². The molecule has 2 aromatic rings. The smallest absolute Gasteiger partial charge is 0.253 e. The number of benzene rings is 2. The third-order valence-corrected chi connectivity index (χ3v) is 4.41. The van der Waals surface area contributed by atoms with Gasteiger partial charge in [0.05, 0.1) is 6.54 Å². The molecule has 0 spiro atoms. The molecule has 2 aromatic carbocycles. The summed E-state index contributed by atoms with van der Waals surface area (Å²) < 4.78 is 0.993. The number of hydrogen-bond donors (Lipinski definition) is 0. The molecule has 1 aliphatic rings. The maximum atomic E-state index is 12.1. The van der Waals surface area contributed by atoms with Crippen LogP contribution in [0.15, 0.2) is 70.7 Å². The fourth-order valence-electron chi connectivity index (χ4n) is 2.66. The number of hydrogen-bond acceptors (Lipinski definition) is 2. The molecule has 3 nitrogen and oxygen atoms in total. The molecular formula is C20H16BrNO2. The van der Waals surface area contributed by atoms with Crippen LogP contribution in [-0.4, -0.2) is 23.3 Å². The molecule has 0 radical (unpaired) electrons. The quantitative estimate of drug-likeness (QED) is 0.743. The van der Waals surface area contributed by atoms with Crippen molar-refractivity contribution in [3.63, 3.8) is 0 Å². The van der Waals surface area contributed by atoms with Crippen LogP contribution < -0.4 is 0 Å². The second-order valence-electron chi connectivity index (χ2n) is 5.59. The van der Waals surface area contributed by atoms with E-state index in [0.717, 1.165) is 26.7 Å². The molecule has 0 N–H and O–H groups in total. The van der Waals surface area contributed by atoms with E-state index in [-0.39, 0.29) is 11.8 Å². The Bertz CT molecular complexity index is 836. The van der Waals surface area contributed by atoms with Crippen LogP contribution >= 0.6 is 15.9 Å². The lowest BCUT2D eigenvalue weighted by atomic mass is 9.96. The predicted octanol–water partition coefficient (Wildman–Crippen LogP) is 4.30. The summed E-state index contributed by atoms with van der Waals surface area (Å²) in [4.78, 5) is 24.9. The molecule has 4 heteroatoms. The second-order valence-corrected chi connectivity index (χ2v) is 6.50. The summed E-state index contributed by atoms with van der Waals surface area (Å²) in [5.74, 6) is -0.491. The summed E-state index contributed by atoms with van der Waals surface area (Å²) in [7, 11) is 0. The molecule has 0 atom stereocenters. The first-order chi connectivity index (χ1) is 11.5. The van der Waals surface area contributed by atoms with Crippen molar-refractivity contribution in [2.75, 3.05) is 6.54 Å². The maximum Gasteiger partial charge on any atom is 0.253 e. The fraction of sp³-hybridized carbons (Fsp3) is 0.100. The SMILES string of the molecule is CC(=O)N1CC(/C(=C/c2ccccc2)c2ccc(Br)cc2)=CC1=O. The number of carbonyl (C=O) groups is 2. The van der Waals surface area contributed by atoms with Crippen molar-refractivity contribution < 1.29 is 9.59 Å². The summed E-state index contributed by atoms with van der Waals surface area (Å²) >= 11 is 3.44. The van der Waals surface area contributed by atoms with E-state index in [9.17, 15) is 9.59 Å². The van der Waals surface area contributed by atoms with Gasteiger partial charge < -0.3 is 0 Å². The average molecular weight is 382 g/mol. The second kappa shape index (κ2) is 6.97.